The summed E-state index contributed by atoms with van der Waals surface area (Å²) in [5.74, 6) is -0.0501. The molecule has 0 N–H and O–H groups in total. The van der Waals surface area contributed by atoms with E-state index in [2.05, 4.69) is 0 Å². The maximum absolute atomic E-state index is 11.8. The quantitative estimate of drug-likeness (QED) is 0.386. The molecule has 25 heavy (non-hydrogen) atoms. The molecule has 2 fully saturated rings. The van der Waals surface area contributed by atoms with Gasteiger partial charge in [0.25, 0.3) is 0 Å². The van der Waals surface area contributed by atoms with Gasteiger partial charge in [0, 0.05) is 12.8 Å². The first-order valence-electron chi connectivity index (χ1n) is 10.6. The molecule has 4 nitrogen and oxygen atoms in total. The van der Waals surface area contributed by atoms with Crippen LogP contribution < -0.4 is 0 Å². The minimum atomic E-state index is -0.0250. The Morgan fingerprint density at radius 3 is 1.32 bits per heavy atom. The van der Waals surface area contributed by atoms with Gasteiger partial charge in [0.15, 0.2) is 0 Å². The van der Waals surface area contributed by atoms with Gasteiger partial charge in [-0.1, -0.05) is 32.1 Å². The molecule has 0 amide bonds. The lowest BCUT2D eigenvalue weighted by Gasteiger charge is -2.21. The third-order valence-electron chi connectivity index (χ3n) is 5.46. The average molecular weight is 353 g/mol. The highest BCUT2D eigenvalue weighted by molar-refractivity contribution is 5.69. The fraction of sp³-hybridized carbons (Fsp3) is 0.905. The van der Waals surface area contributed by atoms with Crippen molar-refractivity contribution in [2.45, 2.75) is 121 Å². The lowest BCUT2D eigenvalue weighted by Crippen LogP contribution is -2.20. The number of carbonyl (C=O) groups is 2. The Hall–Kier alpha value is -1.06. The minimum absolute atomic E-state index is 0.0250. The summed E-state index contributed by atoms with van der Waals surface area (Å²) in [6.07, 6.45) is 17.9. The number of rotatable bonds is 10. The Morgan fingerprint density at radius 2 is 0.920 bits per heavy atom. The molecule has 2 saturated carbocycles. The second-order valence-electron chi connectivity index (χ2n) is 7.77. The van der Waals surface area contributed by atoms with Crippen molar-refractivity contribution in [3.05, 3.63) is 0 Å². The molecule has 0 aromatic heterocycles. The molecular formula is C21H36O4. The largest absolute Gasteiger partial charge is 0.462 e. The summed E-state index contributed by atoms with van der Waals surface area (Å²) in [6.45, 7) is 0. The molecule has 0 bridgehead atoms. The molecule has 2 aliphatic rings. The van der Waals surface area contributed by atoms with Gasteiger partial charge in [-0.25, -0.2) is 0 Å². The van der Waals surface area contributed by atoms with Crippen LogP contribution in [0.4, 0.5) is 0 Å². The van der Waals surface area contributed by atoms with Gasteiger partial charge in [-0.3, -0.25) is 9.59 Å². The lowest BCUT2D eigenvalue weighted by molar-refractivity contribution is -0.151. The zero-order chi connectivity index (χ0) is 17.7. The maximum atomic E-state index is 11.8. The van der Waals surface area contributed by atoms with Crippen LogP contribution in [0.15, 0.2) is 0 Å². The molecular weight excluding hydrogens is 316 g/mol. The van der Waals surface area contributed by atoms with E-state index in [1.807, 2.05) is 0 Å². The van der Waals surface area contributed by atoms with Crippen molar-refractivity contribution in [2.24, 2.45) is 0 Å². The van der Waals surface area contributed by atoms with Gasteiger partial charge in [-0.2, -0.15) is 0 Å². The van der Waals surface area contributed by atoms with Gasteiger partial charge in [-0.15, -0.1) is 0 Å². The number of carbonyl (C=O) groups excluding carboxylic acids is 2. The molecule has 0 radical (unpaired) electrons. The summed E-state index contributed by atoms with van der Waals surface area (Å²) in [5, 5.41) is 0. The van der Waals surface area contributed by atoms with Crippen molar-refractivity contribution in [3.63, 3.8) is 0 Å². The van der Waals surface area contributed by atoms with Crippen LogP contribution >= 0.6 is 0 Å². The summed E-state index contributed by atoms with van der Waals surface area (Å²) in [6, 6.07) is 0. The van der Waals surface area contributed by atoms with Crippen LogP contribution in [0.3, 0.4) is 0 Å². The first-order valence-corrected chi connectivity index (χ1v) is 10.6. The van der Waals surface area contributed by atoms with Gasteiger partial charge in [0.1, 0.15) is 12.2 Å². The molecule has 2 aliphatic carbocycles. The van der Waals surface area contributed by atoms with Crippen molar-refractivity contribution in [2.75, 3.05) is 0 Å². The topological polar surface area (TPSA) is 52.6 Å². The van der Waals surface area contributed by atoms with Crippen molar-refractivity contribution in [1.82, 2.24) is 0 Å². The SMILES string of the molecule is O=C(CCCCCCCC(=O)OC1CCCCC1)OC1CCCCC1. The van der Waals surface area contributed by atoms with E-state index in [1.54, 1.807) is 0 Å². The average Bonchev–Trinajstić information content (AvgIpc) is 2.62. The predicted molar refractivity (Wildman–Crippen MR) is 98.2 cm³/mol. The standard InChI is InChI=1S/C21H36O4/c22-20(24-18-12-6-4-7-13-18)16-10-2-1-3-11-17-21(23)25-19-14-8-5-9-15-19/h18-19H,1-17H2. The van der Waals surface area contributed by atoms with Gasteiger partial charge in [-0.05, 0) is 64.2 Å². The highest BCUT2D eigenvalue weighted by Gasteiger charge is 2.18. The number of hydrogen-bond donors (Lipinski definition) is 0. The van der Waals surface area contributed by atoms with E-state index in [1.165, 1.54) is 38.5 Å². The zero-order valence-electron chi connectivity index (χ0n) is 15.8. The lowest BCUT2D eigenvalue weighted by atomic mass is 9.98. The Bertz CT molecular complexity index is 345. The number of ether oxygens (including phenoxy) is 2. The maximum Gasteiger partial charge on any atom is 0.306 e. The molecule has 2 rings (SSSR count). The van der Waals surface area contributed by atoms with Crippen LogP contribution in [-0.2, 0) is 19.1 Å². The van der Waals surface area contributed by atoms with Crippen LogP contribution in [0.1, 0.15) is 109 Å². The molecule has 144 valence electrons. The van der Waals surface area contributed by atoms with E-state index in [9.17, 15) is 9.59 Å². The number of hydrogen-bond acceptors (Lipinski definition) is 4. The van der Waals surface area contributed by atoms with Crippen molar-refractivity contribution in [3.8, 4) is 0 Å². The van der Waals surface area contributed by atoms with Gasteiger partial charge in [0.2, 0.25) is 0 Å². The second kappa shape index (κ2) is 12.3. The van der Waals surface area contributed by atoms with Crippen LogP contribution in [0.25, 0.3) is 0 Å². The van der Waals surface area contributed by atoms with Gasteiger partial charge in [0.05, 0.1) is 0 Å². The molecule has 0 aromatic carbocycles. The summed E-state index contributed by atoms with van der Waals surface area (Å²) in [7, 11) is 0. The molecule has 0 saturated heterocycles. The monoisotopic (exact) mass is 352 g/mol. The van der Waals surface area contributed by atoms with E-state index in [4.69, 9.17) is 9.47 Å². The summed E-state index contributed by atoms with van der Waals surface area (Å²) in [4.78, 5) is 23.6. The van der Waals surface area contributed by atoms with E-state index in [0.29, 0.717) is 12.8 Å². The molecule has 4 heteroatoms. The Morgan fingerprint density at radius 1 is 0.560 bits per heavy atom. The molecule has 0 aliphatic heterocycles. The Labute approximate surface area is 153 Å². The molecule has 0 spiro atoms. The predicted octanol–water partition coefficient (Wildman–Crippen LogP) is 5.47. The van der Waals surface area contributed by atoms with Crippen molar-refractivity contribution >= 4 is 11.9 Å². The fourth-order valence-electron chi connectivity index (χ4n) is 3.92. The van der Waals surface area contributed by atoms with Gasteiger partial charge >= 0.3 is 11.9 Å². The normalized spacial score (nSPS) is 19.5. The number of unbranched alkanes of at least 4 members (excludes halogenated alkanes) is 4. The summed E-state index contributed by atoms with van der Waals surface area (Å²) >= 11 is 0. The number of esters is 2. The van der Waals surface area contributed by atoms with Crippen molar-refractivity contribution < 1.29 is 19.1 Å². The van der Waals surface area contributed by atoms with Crippen LogP contribution in [0.2, 0.25) is 0 Å². The first-order chi connectivity index (χ1) is 12.2. The fourth-order valence-corrected chi connectivity index (χ4v) is 3.92. The van der Waals surface area contributed by atoms with Crippen molar-refractivity contribution in [1.29, 1.82) is 0 Å². The molecule has 0 aromatic rings. The van der Waals surface area contributed by atoms with Crippen LogP contribution in [0.5, 0.6) is 0 Å². The van der Waals surface area contributed by atoms with Crippen LogP contribution in [0, 0.1) is 0 Å². The highest BCUT2D eigenvalue weighted by Crippen LogP contribution is 2.22. The van der Waals surface area contributed by atoms with Crippen LogP contribution in [-0.4, -0.2) is 24.1 Å². The van der Waals surface area contributed by atoms with E-state index in [0.717, 1.165) is 57.8 Å². The Kier molecular flexibility index (Phi) is 9.98. The molecule has 0 heterocycles. The van der Waals surface area contributed by atoms with Gasteiger partial charge < -0.3 is 9.47 Å². The van der Waals surface area contributed by atoms with E-state index in [-0.39, 0.29) is 24.1 Å². The third kappa shape index (κ3) is 9.27. The second-order valence-corrected chi connectivity index (χ2v) is 7.77. The van der Waals surface area contributed by atoms with E-state index < -0.39 is 0 Å². The molecule has 0 atom stereocenters. The molecule has 0 unspecified atom stereocenters. The summed E-state index contributed by atoms with van der Waals surface area (Å²) in [5.41, 5.74) is 0. The first kappa shape index (κ1) is 20.3. The third-order valence-corrected chi connectivity index (χ3v) is 5.46. The van der Waals surface area contributed by atoms with E-state index >= 15 is 0 Å². The minimum Gasteiger partial charge on any atom is -0.462 e. The highest BCUT2D eigenvalue weighted by atomic mass is 16.5. The summed E-state index contributed by atoms with van der Waals surface area (Å²) < 4.78 is 11.0. The zero-order valence-corrected chi connectivity index (χ0v) is 15.8. The Balaban J connectivity index is 1.38. The smallest absolute Gasteiger partial charge is 0.306 e.